The molecular weight excluding hydrogens is 870 g/mol. The van der Waals surface area contributed by atoms with Gasteiger partial charge in [-0.2, -0.15) is 0 Å². The Morgan fingerprint density at radius 1 is 0.634 bits per heavy atom. The number of nitrogens with zero attached hydrogens (tertiary/aromatic N) is 3. The van der Waals surface area contributed by atoms with Crippen LogP contribution in [0.15, 0.2) is 172 Å². The van der Waals surface area contributed by atoms with Gasteiger partial charge in [-0.3, -0.25) is 0 Å². The zero-order valence-electron chi connectivity index (χ0n) is 42.5. The maximum Gasteiger partial charge on any atom is 0.392 e. The van der Waals surface area contributed by atoms with Crippen LogP contribution in [-0.4, -0.2) is 31.8 Å². The molecule has 2 aromatic heterocycles. The Kier molecular flexibility index (Phi) is 12.2. The number of ether oxygens (including phenoxy) is 2. The first kappa shape index (κ1) is 46.9. The van der Waals surface area contributed by atoms with Crippen LogP contribution in [0.2, 0.25) is 0 Å². The van der Waals surface area contributed by atoms with E-state index in [0.717, 1.165) is 129 Å². The first-order chi connectivity index (χ1) is 34.3. The monoisotopic (exact) mass is 928 g/mol. The number of hydrogen-bond donors (Lipinski definition) is 0. The third kappa shape index (κ3) is 8.36. The number of aromatic nitrogens is 1. The highest BCUT2D eigenvalue weighted by molar-refractivity contribution is 6.45. The van der Waals surface area contributed by atoms with Crippen LogP contribution in [0.1, 0.15) is 101 Å². The van der Waals surface area contributed by atoms with Gasteiger partial charge in [0.25, 0.3) is 0 Å². The number of rotatable bonds is 11. The van der Waals surface area contributed by atoms with Gasteiger partial charge < -0.3 is 18.4 Å². The van der Waals surface area contributed by atoms with Gasteiger partial charge in [0, 0.05) is 55.8 Å². The predicted molar refractivity (Wildman–Crippen MR) is 296 cm³/mol. The highest BCUT2D eigenvalue weighted by atomic mass is 16.5. The van der Waals surface area contributed by atoms with Crippen LogP contribution in [0.5, 0.6) is 11.5 Å². The van der Waals surface area contributed by atoms with E-state index in [2.05, 4.69) is 193 Å². The Hall–Kier alpha value is -7.82. The molecule has 71 heavy (non-hydrogen) atoms. The number of hydrogen-bond acceptors (Lipinski definition) is 5. The van der Waals surface area contributed by atoms with Crippen molar-refractivity contribution in [2.45, 2.75) is 79.1 Å². The summed E-state index contributed by atoms with van der Waals surface area (Å²) in [6.45, 7) is 17.9. The topological polar surface area (TPSA) is 72.7 Å². The summed E-state index contributed by atoms with van der Waals surface area (Å²) in [5.74, 6) is 4.04. The zero-order valence-corrected chi connectivity index (χ0v) is 42.5. The fraction of sp³-hybridized carbons (Fsp3) is 0.219. The lowest BCUT2D eigenvalue weighted by Crippen LogP contribution is -2.12. The molecule has 7 heteroatoms. The van der Waals surface area contributed by atoms with E-state index in [1.807, 2.05) is 24.3 Å². The Morgan fingerprint density at radius 3 is 1.79 bits per heavy atom. The van der Waals surface area contributed by atoms with Crippen molar-refractivity contribution >= 4 is 57.0 Å². The maximum atomic E-state index is 11.0. The minimum absolute atomic E-state index is 0.0438. The van der Waals surface area contributed by atoms with E-state index < -0.39 is 0 Å². The van der Waals surface area contributed by atoms with Crippen molar-refractivity contribution in [2.24, 2.45) is 4.99 Å². The van der Waals surface area contributed by atoms with Crippen LogP contribution in [-0.2, 0) is 17.3 Å². The number of allylic oxidation sites excluding steroid dienone is 2. The summed E-state index contributed by atoms with van der Waals surface area (Å²) >= 11 is 0. The maximum absolute atomic E-state index is 11.0. The van der Waals surface area contributed by atoms with E-state index >= 15 is 0 Å². The summed E-state index contributed by atoms with van der Waals surface area (Å²) in [5, 5.41) is 15.3. The first-order valence-electron chi connectivity index (χ1n) is 24.7. The van der Waals surface area contributed by atoms with Gasteiger partial charge in [0.2, 0.25) is 0 Å². The third-order valence-corrected chi connectivity index (χ3v) is 14.2. The summed E-state index contributed by atoms with van der Waals surface area (Å²) < 4.78 is 20.4. The van der Waals surface area contributed by atoms with Gasteiger partial charge in [0.1, 0.15) is 22.7 Å². The molecule has 1 aliphatic heterocycles. The molecule has 10 rings (SSSR count). The van der Waals surface area contributed by atoms with E-state index in [9.17, 15) is 5.26 Å². The average Bonchev–Trinajstić information content (AvgIpc) is 4.06. The van der Waals surface area contributed by atoms with Crippen LogP contribution in [0.3, 0.4) is 0 Å². The molecule has 0 aliphatic carbocycles. The predicted octanol–water partition coefficient (Wildman–Crippen LogP) is 16.1. The van der Waals surface area contributed by atoms with Gasteiger partial charge >= 0.3 is 7.41 Å². The van der Waals surface area contributed by atoms with E-state index in [1.54, 1.807) is 21.6 Å². The van der Waals surface area contributed by atoms with Gasteiger partial charge in [-0.05, 0) is 140 Å². The van der Waals surface area contributed by atoms with Crippen LogP contribution >= 0.6 is 0 Å². The fourth-order valence-electron chi connectivity index (χ4n) is 10.4. The molecule has 0 atom stereocenters. The average molecular weight is 929 g/mol. The molecule has 0 spiro atoms. The van der Waals surface area contributed by atoms with Crippen molar-refractivity contribution in [3.05, 3.63) is 202 Å². The second kappa shape index (κ2) is 18.5. The lowest BCUT2D eigenvalue weighted by atomic mass is 9.83. The summed E-state index contributed by atoms with van der Waals surface area (Å²) in [4.78, 5) is 5.88. The molecule has 351 valence electrons. The van der Waals surface area contributed by atoms with E-state index in [4.69, 9.17) is 18.9 Å². The first-order valence-corrected chi connectivity index (χ1v) is 24.7. The molecule has 0 saturated heterocycles. The summed E-state index contributed by atoms with van der Waals surface area (Å²) in [5.41, 5.74) is 17.7. The highest BCUT2D eigenvalue weighted by Crippen LogP contribution is 2.50. The molecule has 7 aromatic carbocycles. The zero-order chi connectivity index (χ0) is 49.8. The normalized spacial score (nSPS) is 13.8. The highest BCUT2D eigenvalue weighted by Gasteiger charge is 2.34. The molecule has 0 fully saturated rings. The van der Waals surface area contributed by atoms with Gasteiger partial charge in [-0.25, -0.2) is 10.3 Å². The number of fused-ring (bicyclic) bond motifs is 5. The SMILES string of the molecule is CCC1=C(c2ccc(C(C)(C)C)cc2)/C(=C(\c2ccc3c(c2)oc2c4ccccc4ccc32)c2c(-c3ccc(C(C)(C)C)cc3)c(CC)c(-c3ccc(OC)cc3)n2[B]C#N)N=C1c1ccc(OC)cc1. The minimum atomic E-state index is -0.0562. The van der Waals surface area contributed by atoms with Crippen molar-refractivity contribution in [1.29, 1.82) is 5.26 Å². The van der Waals surface area contributed by atoms with Gasteiger partial charge in [-0.1, -0.05) is 140 Å². The Balaban J connectivity index is 1.40. The number of aliphatic imine (C=N–C) groups is 1. The van der Waals surface area contributed by atoms with Crippen molar-refractivity contribution in [1.82, 2.24) is 4.48 Å². The van der Waals surface area contributed by atoms with Crippen molar-refractivity contribution < 1.29 is 13.9 Å². The summed E-state index contributed by atoms with van der Waals surface area (Å²) in [7, 11) is 5.04. The second-order valence-corrected chi connectivity index (χ2v) is 20.5. The van der Waals surface area contributed by atoms with Gasteiger partial charge in [-0.15, -0.1) is 0 Å². The quantitative estimate of drug-likeness (QED) is 0.121. The number of furan rings is 1. The number of nitriles is 1. The lowest BCUT2D eigenvalue weighted by molar-refractivity contribution is 0.414. The largest absolute Gasteiger partial charge is 0.497 e. The number of benzene rings is 7. The minimum Gasteiger partial charge on any atom is -0.497 e. The molecule has 9 aromatic rings. The van der Waals surface area contributed by atoms with E-state index in [1.165, 1.54) is 11.1 Å². The standard InChI is InChI=1S/C64H59BN3O3/c1-11-49-55(40-17-27-45(28-18-40)63(3,4)5)59(67-58(49)42-21-31-47(69-9)32-22-42)57(44-26-35-52-53-36-25-39-15-13-14-16-51(39)62(53)71-54(52)37-44)61-56(41-19-29-46(30-20-41)64(6,7)8)50(12-2)60(68(61)65-38-66)43-23-33-48(70-10)34-24-43/h13-37H,11-12H2,1-10H3/b59-57-. The van der Waals surface area contributed by atoms with Gasteiger partial charge in [0.15, 0.2) is 0 Å². The van der Waals surface area contributed by atoms with Crippen LogP contribution in [0.25, 0.3) is 66.2 Å². The van der Waals surface area contributed by atoms with E-state index in [-0.39, 0.29) is 10.8 Å². The molecular formula is C64H59BN3O3. The van der Waals surface area contributed by atoms with Crippen molar-refractivity contribution in [2.75, 3.05) is 14.2 Å². The second-order valence-electron chi connectivity index (χ2n) is 20.5. The molecule has 3 heterocycles. The van der Waals surface area contributed by atoms with Crippen LogP contribution < -0.4 is 9.47 Å². The lowest BCUT2D eigenvalue weighted by Gasteiger charge is -2.22. The molecule has 1 aliphatic rings. The molecule has 0 saturated carbocycles. The smallest absolute Gasteiger partial charge is 0.392 e. The number of methoxy groups -OCH3 is 2. The van der Waals surface area contributed by atoms with Crippen LogP contribution in [0, 0.1) is 11.2 Å². The Morgan fingerprint density at radius 2 is 1.21 bits per heavy atom. The van der Waals surface area contributed by atoms with Crippen molar-refractivity contribution in [3.63, 3.8) is 0 Å². The van der Waals surface area contributed by atoms with Crippen LogP contribution in [0.4, 0.5) is 0 Å². The molecule has 0 unspecified atom stereocenters. The van der Waals surface area contributed by atoms with Gasteiger partial charge in [0.05, 0.1) is 25.6 Å². The fourth-order valence-corrected chi connectivity index (χ4v) is 10.4. The Bertz CT molecular complexity index is 3640. The molecule has 0 N–H and O–H groups in total. The molecule has 0 amide bonds. The molecule has 0 bridgehead atoms. The molecule has 1 radical (unpaired) electrons. The molecule has 6 nitrogen and oxygen atoms in total. The third-order valence-electron chi connectivity index (χ3n) is 14.2. The summed E-state index contributed by atoms with van der Waals surface area (Å²) in [6, 6.07) is 53.8. The Labute approximate surface area is 418 Å². The van der Waals surface area contributed by atoms with E-state index in [0.29, 0.717) is 6.42 Å². The summed E-state index contributed by atoms with van der Waals surface area (Å²) in [6.07, 6.45) is 1.41. The van der Waals surface area contributed by atoms with Crippen molar-refractivity contribution in [3.8, 4) is 39.9 Å².